The van der Waals surface area contributed by atoms with E-state index >= 15 is 0 Å². The summed E-state index contributed by atoms with van der Waals surface area (Å²) in [7, 11) is -10.1. The van der Waals surface area contributed by atoms with E-state index in [2.05, 4.69) is 4.31 Å². The van der Waals surface area contributed by atoms with E-state index in [0.717, 1.165) is 0 Å². The van der Waals surface area contributed by atoms with Gasteiger partial charge >= 0.3 is 45.2 Å². The number of hydrogen-bond acceptors (Lipinski definition) is 4. The van der Waals surface area contributed by atoms with Gasteiger partial charge in [0.05, 0.1) is 0 Å². The van der Waals surface area contributed by atoms with Gasteiger partial charge in [-0.05, 0) is 0 Å². The first-order valence-corrected chi connectivity index (χ1v) is 4.59. The summed E-state index contributed by atoms with van der Waals surface area (Å²) in [6, 6.07) is 0. The summed E-state index contributed by atoms with van der Waals surface area (Å²) >= 11 is 0. The summed E-state index contributed by atoms with van der Waals surface area (Å²) in [5.41, 5.74) is 0. The SMILES string of the molecule is N.O.O.O.O.O=P(O)(O)OP(=O)(O)O.[NaH]. The maximum absolute atomic E-state index is 9.63. The Morgan fingerprint density at radius 1 is 0.733 bits per heavy atom. The van der Waals surface area contributed by atoms with Crippen molar-refractivity contribution in [1.29, 1.82) is 0 Å². The molecular formula is H16NNaO11P2. The van der Waals surface area contributed by atoms with Crippen molar-refractivity contribution in [2.75, 3.05) is 0 Å². The normalized spacial score (nSPS) is 8.27. The quantitative estimate of drug-likeness (QED) is 0.243. The molecule has 0 aromatic heterocycles. The van der Waals surface area contributed by atoms with Gasteiger partial charge in [-0.25, -0.2) is 9.13 Å². The predicted octanol–water partition coefficient (Wildman–Crippen LogP) is -4.60. The number of rotatable bonds is 2. The number of hydrogen-bond donors (Lipinski definition) is 5. The van der Waals surface area contributed by atoms with Crippen molar-refractivity contribution < 1.29 is 54.9 Å². The van der Waals surface area contributed by atoms with Gasteiger partial charge in [0.2, 0.25) is 0 Å². The molecule has 0 aliphatic rings. The third kappa shape index (κ3) is 51.5. The maximum atomic E-state index is 9.63. The Labute approximate surface area is 106 Å². The molecule has 0 spiro atoms. The second kappa shape index (κ2) is 15.1. The molecule has 0 fully saturated rings. The van der Waals surface area contributed by atoms with Crippen molar-refractivity contribution in [3.63, 3.8) is 0 Å². The van der Waals surface area contributed by atoms with Crippen LogP contribution in [0.2, 0.25) is 0 Å². The zero-order valence-corrected chi connectivity index (χ0v) is 8.40. The Morgan fingerprint density at radius 2 is 0.867 bits per heavy atom. The summed E-state index contributed by atoms with van der Waals surface area (Å²) in [6.45, 7) is 0. The Bertz CT molecular complexity index is 159. The van der Waals surface area contributed by atoms with Crippen LogP contribution in [0.1, 0.15) is 0 Å². The van der Waals surface area contributed by atoms with Gasteiger partial charge in [-0.2, -0.15) is 4.31 Å². The van der Waals surface area contributed by atoms with E-state index in [-0.39, 0.29) is 57.6 Å². The fourth-order valence-corrected chi connectivity index (χ4v) is 1.25. The van der Waals surface area contributed by atoms with E-state index in [0.29, 0.717) is 0 Å². The first kappa shape index (κ1) is 44.4. The average Bonchev–Trinajstić information content (AvgIpc) is 1.14. The van der Waals surface area contributed by atoms with Crippen LogP contribution in [0.4, 0.5) is 0 Å². The third-order valence-corrected chi connectivity index (χ3v) is 1.91. The van der Waals surface area contributed by atoms with Gasteiger partial charge in [0, 0.05) is 0 Å². The van der Waals surface area contributed by atoms with Gasteiger partial charge in [0.1, 0.15) is 0 Å². The molecular weight excluding hydrogens is 275 g/mol. The summed E-state index contributed by atoms with van der Waals surface area (Å²) in [5.74, 6) is 0. The zero-order chi connectivity index (χ0) is 7.71. The fourth-order valence-electron chi connectivity index (χ4n) is 0.139. The third-order valence-electron chi connectivity index (χ3n) is 0.213. The molecule has 0 aromatic carbocycles. The van der Waals surface area contributed by atoms with Gasteiger partial charge in [-0.15, -0.1) is 0 Å². The van der Waals surface area contributed by atoms with Crippen LogP contribution in [-0.2, 0) is 13.4 Å². The Kier molecular flexibility index (Phi) is 44.6. The summed E-state index contributed by atoms with van der Waals surface area (Å²) in [5, 5.41) is 0. The van der Waals surface area contributed by atoms with Crippen molar-refractivity contribution in [3.8, 4) is 0 Å². The van der Waals surface area contributed by atoms with E-state index in [1.165, 1.54) is 0 Å². The second-order valence-corrected chi connectivity index (χ2v) is 3.68. The molecule has 0 heterocycles. The minimum absolute atomic E-state index is 0. The van der Waals surface area contributed by atoms with Gasteiger partial charge < -0.3 is 47.6 Å². The molecule has 15 heavy (non-hydrogen) atoms. The van der Waals surface area contributed by atoms with Crippen molar-refractivity contribution in [2.45, 2.75) is 0 Å². The van der Waals surface area contributed by atoms with Gasteiger partial charge in [0.15, 0.2) is 0 Å². The molecule has 0 saturated heterocycles. The molecule has 0 saturated carbocycles. The molecule has 98 valence electrons. The van der Waals surface area contributed by atoms with Crippen molar-refractivity contribution in [2.24, 2.45) is 0 Å². The molecule has 15 heteroatoms. The fraction of sp³-hybridized carbons (Fsp3) is 0. The van der Waals surface area contributed by atoms with Crippen LogP contribution >= 0.6 is 15.6 Å². The first-order chi connectivity index (χ1) is 3.71. The predicted molar refractivity (Wildman–Crippen MR) is 51.8 cm³/mol. The molecule has 12 nitrogen and oxygen atoms in total. The first-order valence-electron chi connectivity index (χ1n) is 1.53. The van der Waals surface area contributed by atoms with Crippen LogP contribution in [-0.4, -0.2) is 71.0 Å². The molecule has 0 radical (unpaired) electrons. The van der Waals surface area contributed by atoms with Gasteiger partial charge in [-0.3, -0.25) is 0 Å². The van der Waals surface area contributed by atoms with E-state index in [9.17, 15) is 9.13 Å². The van der Waals surface area contributed by atoms with Crippen LogP contribution in [0.5, 0.6) is 0 Å². The van der Waals surface area contributed by atoms with E-state index < -0.39 is 15.6 Å². The van der Waals surface area contributed by atoms with Crippen LogP contribution in [0.3, 0.4) is 0 Å². The average molecular weight is 291 g/mol. The van der Waals surface area contributed by atoms with Crippen molar-refractivity contribution in [3.05, 3.63) is 0 Å². The topological polar surface area (TPSA) is 285 Å². The van der Waals surface area contributed by atoms with Crippen molar-refractivity contribution in [1.82, 2.24) is 6.15 Å². The molecule has 0 bridgehead atoms. The molecule has 0 aliphatic heterocycles. The van der Waals surface area contributed by atoms with Crippen molar-refractivity contribution >= 4 is 45.2 Å². The molecule has 0 atom stereocenters. The Balaban J connectivity index is -0.0000000213. The Hall–Kier alpha value is 1.06. The van der Waals surface area contributed by atoms with E-state index in [1.54, 1.807) is 0 Å². The van der Waals surface area contributed by atoms with Gasteiger partial charge in [0.25, 0.3) is 0 Å². The molecule has 0 rings (SSSR count). The van der Waals surface area contributed by atoms with Gasteiger partial charge in [-0.1, -0.05) is 0 Å². The molecule has 0 aliphatic carbocycles. The molecule has 0 aromatic rings. The second-order valence-electron chi connectivity index (χ2n) is 1.06. The molecule has 15 N–H and O–H groups in total. The summed E-state index contributed by atoms with van der Waals surface area (Å²) in [6.07, 6.45) is 0. The standard InChI is InChI=1S/H3N.Na.H4O7P2.4H2O.H/c;;1-8(2,3)7-9(4,5)6;;;;;/h1H3;;(H2,1,2,3)(H2,4,5,6);4*1H2;. The molecule has 0 amide bonds. The van der Waals surface area contributed by atoms with E-state index in [4.69, 9.17) is 19.6 Å². The van der Waals surface area contributed by atoms with Crippen LogP contribution in [0.15, 0.2) is 0 Å². The van der Waals surface area contributed by atoms with Crippen LogP contribution < -0.4 is 6.15 Å². The monoisotopic (exact) mass is 291 g/mol. The van der Waals surface area contributed by atoms with Crippen LogP contribution in [0.25, 0.3) is 0 Å². The summed E-state index contributed by atoms with van der Waals surface area (Å²) in [4.78, 5) is 31.0. The van der Waals surface area contributed by atoms with Crippen LogP contribution in [0, 0.1) is 0 Å². The zero-order valence-electron chi connectivity index (χ0n) is 6.62. The number of phosphoric acid groups is 2. The Morgan fingerprint density at radius 3 is 0.867 bits per heavy atom. The molecule has 0 unspecified atom stereocenters. The van der Waals surface area contributed by atoms with E-state index in [1.807, 2.05) is 0 Å². The minimum atomic E-state index is -5.05. The summed E-state index contributed by atoms with van der Waals surface area (Å²) < 4.78 is 22.2.